The number of amides is 2. The summed E-state index contributed by atoms with van der Waals surface area (Å²) in [6, 6.07) is 0. The van der Waals surface area contributed by atoms with E-state index in [1.54, 1.807) is 0 Å². The molecule has 0 bridgehead atoms. The Hall–Kier alpha value is -1.91. The summed E-state index contributed by atoms with van der Waals surface area (Å²) in [6.45, 7) is 3.10. The quantitative estimate of drug-likeness (QED) is 0.555. The third kappa shape index (κ3) is 4.92. The summed E-state index contributed by atoms with van der Waals surface area (Å²) in [7, 11) is 0. The number of hydrogen-bond donors (Lipinski definition) is 2. The van der Waals surface area contributed by atoms with Gasteiger partial charge in [0.05, 0.1) is 0 Å². The highest BCUT2D eigenvalue weighted by atomic mass is 16.4. The fourth-order valence-electron chi connectivity index (χ4n) is 0.361. The molecule has 0 aromatic heterocycles. The van der Waals surface area contributed by atoms with Crippen LogP contribution in [0.3, 0.4) is 0 Å². The van der Waals surface area contributed by atoms with Crippen molar-refractivity contribution < 1.29 is 19.5 Å². The number of carboxylic acids is 1. The third-order valence-corrected chi connectivity index (χ3v) is 0.809. The smallest absolute Gasteiger partial charge is 0.328 e. The van der Waals surface area contributed by atoms with E-state index in [0.717, 1.165) is 12.2 Å². The van der Waals surface area contributed by atoms with Gasteiger partial charge in [-0.05, 0) is 6.08 Å². The molecule has 0 spiro atoms. The number of nitrogens with one attached hydrogen (secondary N) is 1. The van der Waals surface area contributed by atoms with Crippen LogP contribution >= 0.6 is 0 Å². The van der Waals surface area contributed by atoms with Crippen LogP contribution < -0.4 is 5.32 Å². The van der Waals surface area contributed by atoms with E-state index in [0.29, 0.717) is 6.08 Å². The van der Waals surface area contributed by atoms with Crippen LogP contribution in [0.1, 0.15) is 0 Å². The van der Waals surface area contributed by atoms with Gasteiger partial charge in [0.25, 0.3) is 5.91 Å². The maximum absolute atomic E-state index is 10.6. The first-order valence-corrected chi connectivity index (χ1v) is 2.94. The Kier molecular flexibility index (Phi) is 4.07. The first kappa shape index (κ1) is 10.1. The lowest BCUT2D eigenvalue weighted by Crippen LogP contribution is -2.26. The summed E-state index contributed by atoms with van der Waals surface area (Å²) in [5.74, 6) is -2.71. The summed E-state index contributed by atoms with van der Waals surface area (Å²) < 4.78 is 0. The van der Waals surface area contributed by atoms with Crippen molar-refractivity contribution in [2.75, 3.05) is 0 Å². The summed E-state index contributed by atoms with van der Waals surface area (Å²) in [5, 5.41) is 9.92. The number of aliphatic carboxylic acids is 1. The molecule has 5 nitrogen and oxygen atoms in total. The Morgan fingerprint density at radius 2 is 1.75 bits per heavy atom. The van der Waals surface area contributed by atoms with E-state index in [2.05, 4.69) is 6.58 Å². The minimum Gasteiger partial charge on any atom is -0.478 e. The Morgan fingerprint density at radius 1 is 1.17 bits per heavy atom. The van der Waals surface area contributed by atoms with E-state index >= 15 is 0 Å². The number of rotatable bonds is 3. The molecule has 0 saturated carbocycles. The Morgan fingerprint density at radius 3 is 2.17 bits per heavy atom. The van der Waals surface area contributed by atoms with E-state index in [1.165, 1.54) is 0 Å². The lowest BCUT2D eigenvalue weighted by Gasteiger charge is -1.92. The van der Waals surface area contributed by atoms with Crippen LogP contribution in [-0.4, -0.2) is 22.9 Å². The molecule has 0 aliphatic heterocycles. The SMILES string of the molecule is C=CC(=O)NC(=O)C=CC(=O)O. The average molecular weight is 169 g/mol. The van der Waals surface area contributed by atoms with Gasteiger partial charge in [-0.1, -0.05) is 6.58 Å². The molecule has 0 fully saturated rings. The Labute approximate surface area is 68.4 Å². The number of carbonyl (C=O) groups is 3. The van der Waals surface area contributed by atoms with E-state index in [-0.39, 0.29) is 0 Å². The molecule has 0 aromatic rings. The van der Waals surface area contributed by atoms with E-state index in [9.17, 15) is 14.4 Å². The van der Waals surface area contributed by atoms with Gasteiger partial charge in [0.15, 0.2) is 0 Å². The molecule has 0 atom stereocenters. The van der Waals surface area contributed by atoms with Crippen molar-refractivity contribution in [3.05, 3.63) is 24.8 Å². The van der Waals surface area contributed by atoms with Crippen molar-refractivity contribution in [2.45, 2.75) is 0 Å². The van der Waals surface area contributed by atoms with E-state index in [4.69, 9.17) is 5.11 Å². The molecule has 0 unspecified atom stereocenters. The summed E-state index contributed by atoms with van der Waals surface area (Å²) in [5.41, 5.74) is 0. The molecule has 2 amide bonds. The summed E-state index contributed by atoms with van der Waals surface area (Å²) in [4.78, 5) is 30.9. The first-order chi connectivity index (χ1) is 5.56. The van der Waals surface area contributed by atoms with Gasteiger partial charge in [-0.2, -0.15) is 0 Å². The van der Waals surface area contributed by atoms with Crippen LogP contribution in [0.15, 0.2) is 24.8 Å². The molecule has 0 heterocycles. The van der Waals surface area contributed by atoms with Crippen molar-refractivity contribution >= 4 is 17.8 Å². The zero-order valence-corrected chi connectivity index (χ0v) is 6.11. The van der Waals surface area contributed by atoms with Gasteiger partial charge in [0.1, 0.15) is 0 Å². The lowest BCUT2D eigenvalue weighted by molar-refractivity contribution is -0.132. The molecular formula is C7H7NO4. The highest BCUT2D eigenvalue weighted by Crippen LogP contribution is 1.75. The molecule has 64 valence electrons. The summed E-state index contributed by atoms with van der Waals surface area (Å²) in [6.07, 6.45) is 2.28. The normalized spacial score (nSPS) is 9.33. The number of carboxylic acid groups (broad SMARTS) is 1. The maximum Gasteiger partial charge on any atom is 0.328 e. The van der Waals surface area contributed by atoms with Crippen molar-refractivity contribution in [2.24, 2.45) is 0 Å². The number of hydrogen-bond acceptors (Lipinski definition) is 3. The van der Waals surface area contributed by atoms with Crippen molar-refractivity contribution in [1.29, 1.82) is 0 Å². The van der Waals surface area contributed by atoms with E-state index < -0.39 is 17.8 Å². The predicted octanol–water partition coefficient (Wildman–Crippen LogP) is -0.544. The minimum absolute atomic E-state index is 0.631. The van der Waals surface area contributed by atoms with Crippen LogP contribution in [0.5, 0.6) is 0 Å². The van der Waals surface area contributed by atoms with Crippen LogP contribution in [0.2, 0.25) is 0 Å². The molecular weight excluding hydrogens is 162 g/mol. The predicted molar refractivity (Wildman–Crippen MR) is 40.1 cm³/mol. The van der Waals surface area contributed by atoms with Crippen LogP contribution in [0.4, 0.5) is 0 Å². The number of carbonyl (C=O) groups excluding carboxylic acids is 2. The van der Waals surface area contributed by atoms with Gasteiger partial charge in [-0.3, -0.25) is 14.9 Å². The summed E-state index contributed by atoms with van der Waals surface area (Å²) >= 11 is 0. The van der Waals surface area contributed by atoms with E-state index in [1.807, 2.05) is 5.32 Å². The van der Waals surface area contributed by atoms with Crippen LogP contribution in [0, 0.1) is 0 Å². The van der Waals surface area contributed by atoms with Crippen LogP contribution in [-0.2, 0) is 14.4 Å². The second-order valence-corrected chi connectivity index (χ2v) is 1.73. The highest BCUT2D eigenvalue weighted by molar-refractivity contribution is 6.06. The zero-order chi connectivity index (χ0) is 9.56. The average Bonchev–Trinajstić information content (AvgIpc) is 2.00. The fourth-order valence-corrected chi connectivity index (χ4v) is 0.361. The number of imide groups is 1. The molecule has 0 rings (SSSR count). The topological polar surface area (TPSA) is 83.5 Å². The second kappa shape index (κ2) is 4.84. The lowest BCUT2D eigenvalue weighted by atomic mass is 10.4. The molecule has 0 aromatic carbocycles. The molecule has 2 N–H and O–H groups in total. The largest absolute Gasteiger partial charge is 0.478 e. The molecule has 12 heavy (non-hydrogen) atoms. The van der Waals surface area contributed by atoms with Gasteiger partial charge < -0.3 is 5.11 Å². The third-order valence-electron chi connectivity index (χ3n) is 0.809. The maximum atomic E-state index is 10.6. The molecule has 0 aliphatic carbocycles. The second-order valence-electron chi connectivity index (χ2n) is 1.73. The van der Waals surface area contributed by atoms with Crippen molar-refractivity contribution in [3.8, 4) is 0 Å². The van der Waals surface area contributed by atoms with Gasteiger partial charge in [0, 0.05) is 12.2 Å². The Bertz CT molecular complexity index is 254. The van der Waals surface area contributed by atoms with Gasteiger partial charge in [-0.25, -0.2) is 4.79 Å². The standard InChI is InChI=1S/C7H7NO4/c1-2-5(9)8-6(10)3-4-7(11)12/h2-4H,1H2,(H,11,12)(H,8,9,10). The molecule has 0 saturated heterocycles. The molecule has 0 radical (unpaired) electrons. The first-order valence-electron chi connectivity index (χ1n) is 2.94. The molecule has 0 aliphatic rings. The van der Waals surface area contributed by atoms with Gasteiger partial charge in [0.2, 0.25) is 5.91 Å². The van der Waals surface area contributed by atoms with Gasteiger partial charge in [-0.15, -0.1) is 0 Å². The van der Waals surface area contributed by atoms with Crippen LogP contribution in [0.25, 0.3) is 0 Å². The fraction of sp³-hybridized carbons (Fsp3) is 0. The zero-order valence-electron chi connectivity index (χ0n) is 6.11. The monoisotopic (exact) mass is 169 g/mol. The Balaban J connectivity index is 3.98. The van der Waals surface area contributed by atoms with Crippen molar-refractivity contribution in [3.63, 3.8) is 0 Å². The minimum atomic E-state index is -1.25. The van der Waals surface area contributed by atoms with Gasteiger partial charge >= 0.3 is 5.97 Å². The van der Waals surface area contributed by atoms with Crippen molar-refractivity contribution in [1.82, 2.24) is 5.32 Å². The highest BCUT2D eigenvalue weighted by Gasteiger charge is 1.99. The molecule has 5 heteroatoms.